The van der Waals surface area contributed by atoms with Crippen molar-refractivity contribution in [3.63, 3.8) is 0 Å². The van der Waals surface area contributed by atoms with E-state index >= 15 is 0 Å². The van der Waals surface area contributed by atoms with Crippen LogP contribution >= 0.6 is 0 Å². The van der Waals surface area contributed by atoms with Crippen molar-refractivity contribution in [1.29, 1.82) is 0 Å². The molecule has 3 saturated carbocycles. The molecule has 4 fully saturated rings. The Morgan fingerprint density at radius 2 is 2.11 bits per heavy atom. The van der Waals surface area contributed by atoms with Crippen LogP contribution in [0.25, 0.3) is 0 Å². The van der Waals surface area contributed by atoms with E-state index in [1.165, 1.54) is 5.57 Å². The summed E-state index contributed by atoms with van der Waals surface area (Å²) in [4.78, 5) is 37.3. The Morgan fingerprint density at radius 3 is 2.81 bits per heavy atom. The highest BCUT2D eigenvalue weighted by atomic mass is 16.7. The van der Waals surface area contributed by atoms with E-state index in [4.69, 9.17) is 14.2 Å². The number of rotatable bonds is 9. The van der Waals surface area contributed by atoms with Gasteiger partial charge in [0.25, 0.3) is 0 Å². The lowest BCUT2D eigenvalue weighted by Crippen LogP contribution is -2.62. The van der Waals surface area contributed by atoms with Gasteiger partial charge in [0.1, 0.15) is 12.8 Å². The Balaban J connectivity index is 1.49. The van der Waals surface area contributed by atoms with Gasteiger partial charge in [-0.25, -0.2) is 0 Å². The second-order valence-corrected chi connectivity index (χ2v) is 12.5. The molecule has 8 unspecified atom stereocenters. The molecule has 1 N–H and O–H groups in total. The van der Waals surface area contributed by atoms with Crippen molar-refractivity contribution in [1.82, 2.24) is 5.32 Å². The summed E-state index contributed by atoms with van der Waals surface area (Å²) in [5.74, 6) is 1.48. The van der Waals surface area contributed by atoms with Gasteiger partial charge >= 0.3 is 0 Å². The Hall–Kier alpha value is -1.83. The molecule has 204 valence electrons. The van der Waals surface area contributed by atoms with Crippen LogP contribution < -0.4 is 5.32 Å². The first-order chi connectivity index (χ1) is 17.6. The SMILES string of the molecule is CCCC1OC2CC3[C@@H]4CCC5=CC(=O)C=C[C@]5(C)C4C(C)CC3(C)C2(C(=O)COC(CC)NC=O)O1. The van der Waals surface area contributed by atoms with E-state index in [0.717, 1.165) is 38.5 Å². The summed E-state index contributed by atoms with van der Waals surface area (Å²) in [5.41, 5.74) is -0.298. The molecule has 0 aromatic carbocycles. The molecule has 0 radical (unpaired) electrons. The zero-order valence-electron chi connectivity index (χ0n) is 23.0. The second kappa shape index (κ2) is 9.73. The van der Waals surface area contributed by atoms with Gasteiger partial charge in [-0.3, -0.25) is 14.4 Å². The lowest BCUT2D eigenvalue weighted by molar-refractivity contribution is -0.194. The van der Waals surface area contributed by atoms with E-state index in [0.29, 0.717) is 30.6 Å². The van der Waals surface area contributed by atoms with Crippen molar-refractivity contribution in [2.45, 2.75) is 104 Å². The number of hydrogen-bond donors (Lipinski definition) is 1. The van der Waals surface area contributed by atoms with Crippen LogP contribution in [0.5, 0.6) is 0 Å². The normalized spacial score (nSPS) is 44.8. The standard InChI is InChI=1S/C30H43NO6/c1-6-8-26-36-24-14-22-21-10-9-19-13-20(33)11-12-28(19,4)27(21)18(3)15-29(22,5)30(24,37-26)23(34)16-35-25(7-2)31-17-32/h11-13,17-18,21-22,24-27H,6-10,14-16H2,1-5H3,(H,31,32)/t18?,21-,22?,24?,25?,26?,27?,28-,29?,30?/m0/s1. The highest BCUT2D eigenvalue weighted by molar-refractivity contribution is 6.01. The van der Waals surface area contributed by atoms with E-state index in [9.17, 15) is 14.4 Å². The molecule has 1 heterocycles. The molecule has 7 heteroatoms. The number of carbonyl (C=O) groups is 3. The number of ether oxygens (including phenoxy) is 3. The molecule has 7 nitrogen and oxygen atoms in total. The third kappa shape index (κ3) is 3.90. The molecular formula is C30H43NO6. The maximum Gasteiger partial charge on any atom is 0.209 e. The Morgan fingerprint density at radius 1 is 1.32 bits per heavy atom. The number of carbonyl (C=O) groups excluding carboxylic acids is 3. The molecule has 5 rings (SSSR count). The first-order valence-corrected chi connectivity index (χ1v) is 14.3. The second-order valence-electron chi connectivity index (χ2n) is 12.5. The summed E-state index contributed by atoms with van der Waals surface area (Å²) in [6, 6.07) is 0. The number of nitrogens with one attached hydrogen (secondary N) is 1. The van der Waals surface area contributed by atoms with Crippen molar-refractivity contribution in [3.8, 4) is 0 Å². The molecule has 0 spiro atoms. The van der Waals surface area contributed by atoms with Crippen LogP contribution in [0.4, 0.5) is 0 Å². The summed E-state index contributed by atoms with van der Waals surface area (Å²) in [6.45, 7) is 10.8. The van der Waals surface area contributed by atoms with Crippen LogP contribution in [-0.2, 0) is 28.6 Å². The van der Waals surface area contributed by atoms with Crippen LogP contribution in [0.3, 0.4) is 0 Å². The fraction of sp³-hybridized carbons (Fsp3) is 0.767. The molecule has 10 atom stereocenters. The number of amides is 1. The van der Waals surface area contributed by atoms with E-state index in [2.05, 4.69) is 39.1 Å². The lowest BCUT2D eigenvalue weighted by atomic mass is 9.44. The average Bonchev–Trinajstić information content (AvgIpc) is 3.34. The van der Waals surface area contributed by atoms with E-state index < -0.39 is 11.8 Å². The van der Waals surface area contributed by atoms with Gasteiger partial charge in [-0.1, -0.05) is 52.7 Å². The molecule has 0 aromatic heterocycles. The van der Waals surface area contributed by atoms with E-state index in [1.54, 1.807) is 6.08 Å². The lowest BCUT2D eigenvalue weighted by Gasteiger charge is -2.60. The minimum absolute atomic E-state index is 0.0660. The summed E-state index contributed by atoms with van der Waals surface area (Å²) in [5, 5.41) is 2.65. The van der Waals surface area contributed by atoms with Crippen molar-refractivity contribution in [3.05, 3.63) is 23.8 Å². The van der Waals surface area contributed by atoms with Gasteiger partial charge in [0, 0.05) is 10.8 Å². The minimum atomic E-state index is -1.05. The molecule has 0 bridgehead atoms. The molecule has 0 aromatic rings. The minimum Gasteiger partial charge on any atom is -0.351 e. The van der Waals surface area contributed by atoms with Crippen molar-refractivity contribution < 1.29 is 28.6 Å². The maximum absolute atomic E-state index is 14.2. The highest BCUT2D eigenvalue weighted by Gasteiger charge is 2.75. The van der Waals surface area contributed by atoms with E-state index in [-0.39, 0.29) is 47.3 Å². The van der Waals surface area contributed by atoms with Crippen molar-refractivity contribution in [2.75, 3.05) is 6.61 Å². The fourth-order valence-corrected chi connectivity index (χ4v) is 9.21. The number of hydrogen-bond acceptors (Lipinski definition) is 6. The van der Waals surface area contributed by atoms with Crippen LogP contribution in [-0.4, -0.2) is 48.8 Å². The molecule has 1 saturated heterocycles. The average molecular weight is 514 g/mol. The Labute approximate surface area is 220 Å². The predicted molar refractivity (Wildman–Crippen MR) is 138 cm³/mol. The van der Waals surface area contributed by atoms with Crippen LogP contribution in [0, 0.1) is 34.5 Å². The molecule has 4 aliphatic carbocycles. The van der Waals surface area contributed by atoms with E-state index in [1.807, 2.05) is 13.0 Å². The van der Waals surface area contributed by atoms with Gasteiger partial charge in [0.2, 0.25) is 6.41 Å². The zero-order valence-corrected chi connectivity index (χ0v) is 23.0. The van der Waals surface area contributed by atoms with Crippen molar-refractivity contribution >= 4 is 18.0 Å². The molecule has 37 heavy (non-hydrogen) atoms. The first-order valence-electron chi connectivity index (χ1n) is 14.3. The van der Waals surface area contributed by atoms with Gasteiger partial charge in [0.15, 0.2) is 23.5 Å². The van der Waals surface area contributed by atoms with Crippen LogP contribution in [0.1, 0.15) is 79.6 Å². The maximum atomic E-state index is 14.2. The van der Waals surface area contributed by atoms with Gasteiger partial charge in [-0.15, -0.1) is 0 Å². The van der Waals surface area contributed by atoms with Gasteiger partial charge in [-0.05, 0) is 74.3 Å². The molecule has 1 aliphatic heterocycles. The number of allylic oxidation sites excluding steroid dienone is 4. The number of ketones is 2. The summed E-state index contributed by atoms with van der Waals surface area (Å²) in [7, 11) is 0. The topological polar surface area (TPSA) is 90.9 Å². The molecular weight excluding hydrogens is 470 g/mol. The Bertz CT molecular complexity index is 1010. The smallest absolute Gasteiger partial charge is 0.209 e. The fourth-order valence-electron chi connectivity index (χ4n) is 9.21. The first kappa shape index (κ1) is 26.8. The van der Waals surface area contributed by atoms with Gasteiger partial charge in [0.05, 0.1) is 6.10 Å². The summed E-state index contributed by atoms with van der Waals surface area (Å²) >= 11 is 0. The third-order valence-electron chi connectivity index (χ3n) is 10.6. The quantitative estimate of drug-likeness (QED) is 0.361. The molecule has 5 aliphatic rings. The largest absolute Gasteiger partial charge is 0.351 e. The molecule has 1 amide bonds. The number of Topliss-reactive ketones (excluding diaryl/α,β-unsaturated/α-hetero) is 1. The number of fused-ring (bicyclic) bond motifs is 7. The Kier molecular flexibility index (Phi) is 7.04. The summed E-state index contributed by atoms with van der Waals surface area (Å²) < 4.78 is 19.1. The van der Waals surface area contributed by atoms with Gasteiger partial charge < -0.3 is 19.5 Å². The van der Waals surface area contributed by atoms with Crippen LogP contribution in [0.2, 0.25) is 0 Å². The highest BCUT2D eigenvalue weighted by Crippen LogP contribution is 2.71. The van der Waals surface area contributed by atoms with Gasteiger partial charge in [-0.2, -0.15) is 0 Å². The third-order valence-corrected chi connectivity index (χ3v) is 10.6. The zero-order chi connectivity index (χ0) is 26.6. The van der Waals surface area contributed by atoms with Crippen LogP contribution in [0.15, 0.2) is 23.8 Å². The monoisotopic (exact) mass is 513 g/mol. The van der Waals surface area contributed by atoms with Crippen molar-refractivity contribution in [2.24, 2.45) is 34.5 Å². The summed E-state index contributed by atoms with van der Waals surface area (Å²) in [6.07, 6.45) is 11.0. The predicted octanol–water partition coefficient (Wildman–Crippen LogP) is 4.50.